The zero-order chi connectivity index (χ0) is 17.6. The highest BCUT2D eigenvalue weighted by molar-refractivity contribution is 6.04. The molecular formula is C20H17N3O2. The summed E-state index contributed by atoms with van der Waals surface area (Å²) in [7, 11) is 1.59. The molecule has 1 amide bonds. The van der Waals surface area contributed by atoms with E-state index in [1.807, 2.05) is 48.5 Å². The van der Waals surface area contributed by atoms with Crippen LogP contribution >= 0.6 is 0 Å². The van der Waals surface area contributed by atoms with Crippen LogP contribution in [0.15, 0.2) is 77.6 Å². The molecule has 25 heavy (non-hydrogen) atoms. The molecule has 0 radical (unpaired) electrons. The number of rotatable bonds is 4. The lowest BCUT2D eigenvalue weighted by atomic mass is 10.1. The van der Waals surface area contributed by atoms with Crippen molar-refractivity contribution in [2.75, 3.05) is 5.32 Å². The van der Waals surface area contributed by atoms with Gasteiger partial charge in [0.15, 0.2) is 0 Å². The summed E-state index contributed by atoms with van der Waals surface area (Å²) in [6, 6.07) is 20.0. The molecule has 3 rings (SSSR count). The first kappa shape index (κ1) is 16.4. The molecule has 0 fully saturated rings. The molecule has 0 spiro atoms. The van der Waals surface area contributed by atoms with Crippen LogP contribution in [0, 0.1) is 0 Å². The van der Waals surface area contributed by atoms with Gasteiger partial charge in [-0.05, 0) is 23.8 Å². The molecule has 1 heterocycles. The number of amides is 1. The molecule has 0 bridgehead atoms. The highest BCUT2D eigenvalue weighted by Crippen LogP contribution is 2.25. The number of hydrogen-bond donors (Lipinski definition) is 1. The van der Waals surface area contributed by atoms with Gasteiger partial charge in [0.1, 0.15) is 0 Å². The van der Waals surface area contributed by atoms with Gasteiger partial charge in [-0.25, -0.2) is 4.68 Å². The topological polar surface area (TPSA) is 64.0 Å². The second-order valence-corrected chi connectivity index (χ2v) is 5.46. The number of nitrogens with one attached hydrogen (secondary N) is 1. The highest BCUT2D eigenvalue weighted by atomic mass is 16.1. The average Bonchev–Trinajstić information content (AvgIpc) is 2.64. The van der Waals surface area contributed by atoms with Gasteiger partial charge in [0, 0.05) is 24.8 Å². The second-order valence-electron chi connectivity index (χ2n) is 5.46. The number of aryl methyl sites for hydroxylation is 1. The Bertz CT molecular complexity index is 975. The van der Waals surface area contributed by atoms with Crippen LogP contribution in [0.1, 0.15) is 5.56 Å². The Balaban J connectivity index is 1.83. The van der Waals surface area contributed by atoms with Crippen LogP contribution in [0.4, 0.5) is 5.69 Å². The van der Waals surface area contributed by atoms with Gasteiger partial charge < -0.3 is 5.32 Å². The van der Waals surface area contributed by atoms with E-state index in [1.165, 1.54) is 16.8 Å². The van der Waals surface area contributed by atoms with E-state index in [0.29, 0.717) is 11.4 Å². The van der Waals surface area contributed by atoms with Gasteiger partial charge in [-0.1, -0.05) is 48.5 Å². The number of hydrogen-bond acceptors (Lipinski definition) is 3. The Morgan fingerprint density at radius 1 is 1.00 bits per heavy atom. The van der Waals surface area contributed by atoms with E-state index in [4.69, 9.17) is 0 Å². The van der Waals surface area contributed by atoms with Crippen LogP contribution in [0.5, 0.6) is 0 Å². The van der Waals surface area contributed by atoms with E-state index in [2.05, 4.69) is 10.4 Å². The molecule has 1 N–H and O–H groups in total. The zero-order valence-corrected chi connectivity index (χ0v) is 13.7. The van der Waals surface area contributed by atoms with Crippen molar-refractivity contribution in [2.45, 2.75) is 0 Å². The predicted octanol–water partition coefficient (Wildman–Crippen LogP) is 3.10. The summed E-state index contributed by atoms with van der Waals surface area (Å²) < 4.78 is 1.27. The molecule has 1 aromatic heterocycles. The molecule has 5 nitrogen and oxygen atoms in total. The van der Waals surface area contributed by atoms with Crippen LogP contribution in [0.3, 0.4) is 0 Å². The number of carbonyl (C=O) groups excluding carboxylic acids is 1. The lowest BCUT2D eigenvalue weighted by Crippen LogP contribution is -2.18. The fourth-order valence-electron chi connectivity index (χ4n) is 2.37. The summed E-state index contributed by atoms with van der Waals surface area (Å²) in [5, 5.41) is 7.10. The number of benzene rings is 2. The first-order valence-electron chi connectivity index (χ1n) is 7.81. The molecule has 0 saturated heterocycles. The first-order valence-corrected chi connectivity index (χ1v) is 7.81. The summed E-state index contributed by atoms with van der Waals surface area (Å²) >= 11 is 0. The Hall–Kier alpha value is -3.47. The Labute approximate surface area is 145 Å². The van der Waals surface area contributed by atoms with Crippen molar-refractivity contribution in [2.24, 2.45) is 7.05 Å². The summed E-state index contributed by atoms with van der Waals surface area (Å²) in [5.41, 5.74) is 2.77. The minimum atomic E-state index is -0.235. The SMILES string of the molecule is Cn1nc(-c2ccccc2NC(=O)/C=C/c2ccccc2)ccc1=O. The van der Waals surface area contributed by atoms with Crippen LogP contribution in [0.2, 0.25) is 0 Å². The van der Waals surface area contributed by atoms with Crippen molar-refractivity contribution in [3.8, 4) is 11.3 Å². The number of anilines is 1. The maximum Gasteiger partial charge on any atom is 0.266 e. The first-order chi connectivity index (χ1) is 12.1. The van der Waals surface area contributed by atoms with Gasteiger partial charge in [-0.2, -0.15) is 5.10 Å². The maximum absolute atomic E-state index is 12.2. The molecule has 2 aromatic carbocycles. The largest absolute Gasteiger partial charge is 0.322 e. The van der Waals surface area contributed by atoms with Crippen molar-refractivity contribution in [1.29, 1.82) is 0 Å². The van der Waals surface area contributed by atoms with E-state index >= 15 is 0 Å². The molecule has 0 aliphatic rings. The molecule has 0 unspecified atom stereocenters. The van der Waals surface area contributed by atoms with E-state index in [0.717, 1.165) is 11.1 Å². The summed E-state index contributed by atoms with van der Waals surface area (Å²) in [6.07, 6.45) is 3.24. The fourth-order valence-corrected chi connectivity index (χ4v) is 2.37. The van der Waals surface area contributed by atoms with Crippen LogP contribution in [0.25, 0.3) is 17.3 Å². The Morgan fingerprint density at radius 3 is 2.48 bits per heavy atom. The second kappa shape index (κ2) is 7.40. The van der Waals surface area contributed by atoms with Gasteiger partial charge in [-0.15, -0.1) is 0 Å². The third kappa shape index (κ3) is 4.09. The lowest BCUT2D eigenvalue weighted by molar-refractivity contribution is -0.111. The average molecular weight is 331 g/mol. The predicted molar refractivity (Wildman–Crippen MR) is 99.0 cm³/mol. The van der Waals surface area contributed by atoms with Crippen LogP contribution < -0.4 is 10.9 Å². The molecule has 0 aliphatic heterocycles. The van der Waals surface area contributed by atoms with Gasteiger partial charge in [0.05, 0.1) is 11.4 Å². The smallest absolute Gasteiger partial charge is 0.266 e. The lowest BCUT2D eigenvalue weighted by Gasteiger charge is -2.10. The Morgan fingerprint density at radius 2 is 1.72 bits per heavy atom. The number of nitrogens with zero attached hydrogens (tertiary/aromatic N) is 2. The van der Waals surface area contributed by atoms with E-state index in [-0.39, 0.29) is 11.5 Å². The minimum Gasteiger partial charge on any atom is -0.322 e. The van der Waals surface area contributed by atoms with Crippen molar-refractivity contribution >= 4 is 17.7 Å². The quantitative estimate of drug-likeness (QED) is 0.747. The highest BCUT2D eigenvalue weighted by Gasteiger charge is 2.08. The zero-order valence-electron chi connectivity index (χ0n) is 13.7. The van der Waals surface area contributed by atoms with E-state index in [1.54, 1.807) is 25.3 Å². The number of carbonyl (C=O) groups is 1. The molecule has 5 heteroatoms. The van der Waals surface area contributed by atoms with Crippen molar-refractivity contribution < 1.29 is 4.79 Å². The molecular weight excluding hydrogens is 314 g/mol. The summed E-state index contributed by atoms with van der Waals surface area (Å²) in [5.74, 6) is -0.235. The molecule has 124 valence electrons. The van der Waals surface area contributed by atoms with Gasteiger partial charge in [0.25, 0.3) is 5.56 Å². The Kier molecular flexibility index (Phi) is 4.85. The summed E-state index contributed by atoms with van der Waals surface area (Å²) in [4.78, 5) is 23.7. The summed E-state index contributed by atoms with van der Waals surface area (Å²) in [6.45, 7) is 0. The molecule has 0 aliphatic carbocycles. The standard InChI is InChI=1S/C20H17N3O2/c1-23-20(25)14-12-18(22-23)16-9-5-6-10-17(16)21-19(24)13-11-15-7-3-2-4-8-15/h2-14H,1H3,(H,21,24)/b13-11+. The fraction of sp³-hybridized carbons (Fsp3) is 0.0500. The van der Waals surface area contributed by atoms with Crippen molar-refractivity contribution in [3.05, 3.63) is 88.7 Å². The molecule has 0 saturated carbocycles. The number of aromatic nitrogens is 2. The number of para-hydroxylation sites is 1. The van der Waals surface area contributed by atoms with Crippen molar-refractivity contribution in [3.63, 3.8) is 0 Å². The third-order valence-electron chi connectivity index (χ3n) is 3.65. The minimum absolute atomic E-state index is 0.184. The van der Waals surface area contributed by atoms with Crippen LogP contribution in [-0.2, 0) is 11.8 Å². The van der Waals surface area contributed by atoms with Crippen LogP contribution in [-0.4, -0.2) is 15.7 Å². The third-order valence-corrected chi connectivity index (χ3v) is 3.65. The maximum atomic E-state index is 12.2. The van der Waals surface area contributed by atoms with E-state index < -0.39 is 0 Å². The molecule has 3 aromatic rings. The van der Waals surface area contributed by atoms with Gasteiger partial charge in [0.2, 0.25) is 5.91 Å². The molecule has 0 atom stereocenters. The monoisotopic (exact) mass is 331 g/mol. The van der Waals surface area contributed by atoms with Gasteiger partial charge in [-0.3, -0.25) is 9.59 Å². The van der Waals surface area contributed by atoms with E-state index in [9.17, 15) is 9.59 Å². The normalized spacial score (nSPS) is 10.8. The van der Waals surface area contributed by atoms with Gasteiger partial charge >= 0.3 is 0 Å². The van der Waals surface area contributed by atoms with Crippen molar-refractivity contribution in [1.82, 2.24) is 9.78 Å².